The predicted molar refractivity (Wildman–Crippen MR) is 114 cm³/mol. The number of rotatable bonds is 5. The van der Waals surface area contributed by atoms with Crippen molar-refractivity contribution in [1.29, 1.82) is 0 Å². The Morgan fingerprint density at radius 3 is 2.75 bits per heavy atom. The van der Waals surface area contributed by atoms with E-state index < -0.39 is 0 Å². The van der Waals surface area contributed by atoms with Crippen LogP contribution in [0.4, 0.5) is 11.6 Å². The van der Waals surface area contributed by atoms with Gasteiger partial charge in [-0.1, -0.05) is 31.5 Å². The Bertz CT molecular complexity index is 1060. The molecule has 3 N–H and O–H groups in total. The molecule has 6 nitrogen and oxygen atoms in total. The SMILES string of the molecule is CC.OCCc1ccc(Nc2nccc(-c3c[nH]c4ncccc34)n2)c(Cl)c1. The summed E-state index contributed by atoms with van der Waals surface area (Å²) in [5.74, 6) is 0.456. The van der Waals surface area contributed by atoms with Gasteiger partial charge in [0.15, 0.2) is 0 Å². The van der Waals surface area contributed by atoms with Gasteiger partial charge in [-0.2, -0.15) is 0 Å². The Morgan fingerprint density at radius 1 is 1.11 bits per heavy atom. The summed E-state index contributed by atoms with van der Waals surface area (Å²) in [5, 5.41) is 13.7. The van der Waals surface area contributed by atoms with E-state index >= 15 is 0 Å². The second-order valence-corrected chi connectivity index (χ2v) is 6.19. The van der Waals surface area contributed by atoms with Gasteiger partial charge >= 0.3 is 0 Å². The molecule has 0 saturated heterocycles. The zero-order valence-corrected chi connectivity index (χ0v) is 16.5. The van der Waals surface area contributed by atoms with Gasteiger partial charge in [0, 0.05) is 36.1 Å². The number of hydrogen-bond donors (Lipinski definition) is 3. The van der Waals surface area contributed by atoms with Crippen LogP contribution in [0, 0.1) is 0 Å². The number of aromatic amines is 1. The summed E-state index contributed by atoms with van der Waals surface area (Å²) in [5.41, 5.74) is 4.26. The molecule has 0 bridgehead atoms. The van der Waals surface area contributed by atoms with Crippen molar-refractivity contribution in [3.63, 3.8) is 0 Å². The number of pyridine rings is 1. The van der Waals surface area contributed by atoms with E-state index in [4.69, 9.17) is 16.7 Å². The van der Waals surface area contributed by atoms with Crippen LogP contribution in [0.1, 0.15) is 19.4 Å². The minimum Gasteiger partial charge on any atom is -0.396 e. The third-order valence-corrected chi connectivity index (χ3v) is 4.38. The van der Waals surface area contributed by atoms with Crippen LogP contribution in [0.2, 0.25) is 5.02 Å². The molecule has 0 amide bonds. The van der Waals surface area contributed by atoms with Gasteiger partial charge in [0.05, 0.1) is 16.4 Å². The highest BCUT2D eigenvalue weighted by Gasteiger charge is 2.10. The maximum atomic E-state index is 9.03. The minimum absolute atomic E-state index is 0.0910. The Hall–Kier alpha value is -2.96. The molecule has 28 heavy (non-hydrogen) atoms. The normalized spacial score (nSPS) is 10.4. The third kappa shape index (κ3) is 4.30. The lowest BCUT2D eigenvalue weighted by Crippen LogP contribution is -1.99. The number of fused-ring (bicyclic) bond motifs is 1. The Kier molecular flexibility index (Phi) is 6.57. The Balaban J connectivity index is 0.00000109. The van der Waals surface area contributed by atoms with E-state index in [1.54, 1.807) is 12.4 Å². The number of hydrogen-bond acceptors (Lipinski definition) is 5. The third-order valence-electron chi connectivity index (χ3n) is 4.06. The Morgan fingerprint density at radius 2 is 1.96 bits per heavy atom. The fraction of sp³-hybridized carbons (Fsp3) is 0.190. The fourth-order valence-corrected chi connectivity index (χ4v) is 3.05. The molecule has 144 valence electrons. The summed E-state index contributed by atoms with van der Waals surface area (Å²) in [4.78, 5) is 16.3. The van der Waals surface area contributed by atoms with Crippen molar-refractivity contribution in [2.24, 2.45) is 0 Å². The first kappa shape index (κ1) is 19.8. The molecule has 3 heterocycles. The van der Waals surface area contributed by atoms with Crippen molar-refractivity contribution in [1.82, 2.24) is 19.9 Å². The fourth-order valence-electron chi connectivity index (χ4n) is 2.80. The van der Waals surface area contributed by atoms with E-state index in [9.17, 15) is 0 Å². The van der Waals surface area contributed by atoms with E-state index in [1.807, 2.05) is 56.4 Å². The standard InChI is InChI=1S/C19H16ClN5O.C2H6/c20-15-10-12(6-9-26)3-4-17(15)25-19-22-8-5-16(24-19)14-11-23-18-13(14)2-1-7-21-18;1-2/h1-5,7-8,10-11,26H,6,9H2,(H,21,23)(H,22,24,25);1-2H3. The van der Waals surface area contributed by atoms with Gasteiger partial charge in [-0.05, 0) is 42.3 Å². The molecule has 3 aromatic heterocycles. The second-order valence-electron chi connectivity index (χ2n) is 5.78. The van der Waals surface area contributed by atoms with Crippen LogP contribution in [0.3, 0.4) is 0 Å². The van der Waals surface area contributed by atoms with Crippen LogP contribution < -0.4 is 5.32 Å². The summed E-state index contributed by atoms with van der Waals surface area (Å²) in [6, 6.07) is 11.4. The molecule has 0 aliphatic rings. The molecular weight excluding hydrogens is 374 g/mol. The van der Waals surface area contributed by atoms with E-state index in [2.05, 4.69) is 25.3 Å². The highest BCUT2D eigenvalue weighted by atomic mass is 35.5. The molecule has 1 aromatic carbocycles. The number of anilines is 2. The molecule has 0 aliphatic carbocycles. The largest absolute Gasteiger partial charge is 0.396 e. The maximum Gasteiger partial charge on any atom is 0.227 e. The number of benzene rings is 1. The molecule has 0 aliphatic heterocycles. The molecule has 7 heteroatoms. The van der Waals surface area contributed by atoms with Crippen LogP contribution in [0.5, 0.6) is 0 Å². The van der Waals surface area contributed by atoms with Crippen LogP contribution >= 0.6 is 11.6 Å². The number of H-pyrrole nitrogens is 1. The quantitative estimate of drug-likeness (QED) is 0.443. The maximum absolute atomic E-state index is 9.03. The lowest BCUT2D eigenvalue weighted by molar-refractivity contribution is 0.299. The van der Waals surface area contributed by atoms with Crippen LogP contribution in [-0.2, 0) is 6.42 Å². The molecule has 0 unspecified atom stereocenters. The topological polar surface area (TPSA) is 86.7 Å². The van der Waals surface area contributed by atoms with Crippen molar-refractivity contribution >= 4 is 34.3 Å². The van der Waals surface area contributed by atoms with Gasteiger partial charge in [-0.15, -0.1) is 0 Å². The van der Waals surface area contributed by atoms with Gasteiger partial charge in [0.1, 0.15) is 5.65 Å². The summed E-state index contributed by atoms with van der Waals surface area (Å²) in [6.07, 6.45) is 5.91. The first-order valence-electron chi connectivity index (χ1n) is 9.16. The molecule has 0 spiro atoms. The molecule has 4 aromatic rings. The second kappa shape index (κ2) is 9.30. The van der Waals surface area contributed by atoms with E-state index in [0.717, 1.165) is 27.9 Å². The summed E-state index contributed by atoms with van der Waals surface area (Å²) >= 11 is 6.32. The number of nitrogens with one attached hydrogen (secondary N) is 2. The molecule has 0 atom stereocenters. The lowest BCUT2D eigenvalue weighted by atomic mass is 10.1. The van der Waals surface area contributed by atoms with Crippen molar-refractivity contribution in [3.05, 3.63) is 65.6 Å². The molecule has 4 rings (SSSR count). The van der Waals surface area contributed by atoms with E-state index in [0.29, 0.717) is 23.1 Å². The van der Waals surface area contributed by atoms with Crippen LogP contribution in [0.25, 0.3) is 22.3 Å². The van der Waals surface area contributed by atoms with Crippen molar-refractivity contribution < 1.29 is 5.11 Å². The number of halogens is 1. The van der Waals surface area contributed by atoms with E-state index in [1.165, 1.54) is 0 Å². The van der Waals surface area contributed by atoms with Gasteiger partial charge < -0.3 is 15.4 Å². The highest BCUT2D eigenvalue weighted by molar-refractivity contribution is 6.33. The average molecular weight is 396 g/mol. The average Bonchev–Trinajstić information content (AvgIpc) is 3.16. The first-order chi connectivity index (χ1) is 13.7. The lowest BCUT2D eigenvalue weighted by Gasteiger charge is -2.09. The van der Waals surface area contributed by atoms with Crippen molar-refractivity contribution in [2.45, 2.75) is 20.3 Å². The highest BCUT2D eigenvalue weighted by Crippen LogP contribution is 2.28. The van der Waals surface area contributed by atoms with Gasteiger partial charge in [-0.25, -0.2) is 15.0 Å². The van der Waals surface area contributed by atoms with Gasteiger partial charge in [0.25, 0.3) is 0 Å². The zero-order valence-electron chi connectivity index (χ0n) is 15.8. The number of aromatic nitrogens is 4. The number of aliphatic hydroxyl groups excluding tert-OH is 1. The predicted octanol–water partition coefficient (Wildman–Crippen LogP) is 4.98. The number of aliphatic hydroxyl groups is 1. The van der Waals surface area contributed by atoms with Crippen LogP contribution in [-0.4, -0.2) is 31.6 Å². The molecule has 0 radical (unpaired) electrons. The van der Waals surface area contributed by atoms with Gasteiger partial charge in [-0.3, -0.25) is 0 Å². The first-order valence-corrected chi connectivity index (χ1v) is 9.54. The van der Waals surface area contributed by atoms with Crippen LogP contribution in [0.15, 0.2) is 55.0 Å². The number of nitrogens with zero attached hydrogens (tertiary/aromatic N) is 3. The van der Waals surface area contributed by atoms with E-state index in [-0.39, 0.29) is 6.61 Å². The zero-order chi connectivity index (χ0) is 19.9. The Labute approximate surface area is 168 Å². The van der Waals surface area contributed by atoms with Crippen molar-refractivity contribution in [3.8, 4) is 11.3 Å². The summed E-state index contributed by atoms with van der Waals surface area (Å²) in [6.45, 7) is 4.09. The monoisotopic (exact) mass is 395 g/mol. The molecule has 0 fully saturated rings. The molecular formula is C21H22ClN5O. The van der Waals surface area contributed by atoms with Crippen molar-refractivity contribution in [2.75, 3.05) is 11.9 Å². The molecule has 0 saturated carbocycles. The summed E-state index contributed by atoms with van der Waals surface area (Å²) in [7, 11) is 0. The smallest absolute Gasteiger partial charge is 0.227 e. The van der Waals surface area contributed by atoms with Gasteiger partial charge in [0.2, 0.25) is 5.95 Å². The minimum atomic E-state index is 0.0910. The summed E-state index contributed by atoms with van der Waals surface area (Å²) < 4.78 is 0.